The van der Waals surface area contributed by atoms with E-state index in [4.69, 9.17) is 5.11 Å². The number of carboxylic acids is 1. The zero-order chi connectivity index (χ0) is 16.2. The maximum absolute atomic E-state index is 12.7. The summed E-state index contributed by atoms with van der Waals surface area (Å²) < 4.78 is 0. The molecule has 0 fully saturated rings. The third-order valence-electron chi connectivity index (χ3n) is 3.57. The Morgan fingerprint density at radius 1 is 0.957 bits per heavy atom. The van der Waals surface area contributed by atoms with Crippen LogP contribution in [0.4, 0.5) is 0 Å². The number of aromatic nitrogens is 3. The Morgan fingerprint density at radius 2 is 1.52 bits per heavy atom. The summed E-state index contributed by atoms with van der Waals surface area (Å²) in [4.78, 5) is 25.0. The summed E-state index contributed by atoms with van der Waals surface area (Å²) in [6.07, 6.45) is 0.0190. The van der Waals surface area contributed by atoms with Crippen LogP contribution in [0, 0.1) is 0 Å². The Labute approximate surface area is 132 Å². The van der Waals surface area contributed by atoms with Gasteiger partial charge in [0.25, 0.3) is 0 Å². The van der Waals surface area contributed by atoms with Gasteiger partial charge in [0.2, 0.25) is 0 Å². The van der Waals surface area contributed by atoms with E-state index in [1.165, 1.54) is 4.80 Å². The lowest BCUT2D eigenvalue weighted by molar-refractivity contribution is -0.137. The Balaban J connectivity index is 1.97. The van der Waals surface area contributed by atoms with Crippen LogP contribution in [0.25, 0.3) is 11.0 Å². The van der Waals surface area contributed by atoms with Gasteiger partial charge in [-0.05, 0) is 18.6 Å². The van der Waals surface area contributed by atoms with Gasteiger partial charge in [-0.2, -0.15) is 15.0 Å². The Morgan fingerprint density at radius 3 is 2.09 bits per heavy atom. The third-order valence-corrected chi connectivity index (χ3v) is 3.57. The minimum atomic E-state index is -0.951. The first-order chi connectivity index (χ1) is 11.1. The lowest BCUT2D eigenvalue weighted by Gasteiger charge is -2.14. The zero-order valence-corrected chi connectivity index (χ0v) is 12.3. The van der Waals surface area contributed by atoms with Crippen molar-refractivity contribution in [2.45, 2.75) is 18.9 Å². The van der Waals surface area contributed by atoms with Crippen LogP contribution < -0.4 is 0 Å². The van der Waals surface area contributed by atoms with Crippen molar-refractivity contribution in [3.8, 4) is 0 Å². The standard InChI is InChI=1S/C17H15N3O3/c21-16(22)11-10-15(17(23)12-6-2-1-3-7-12)20-18-13-8-4-5-9-14(13)19-20/h1-9,15H,10-11H2,(H,21,22). The number of fused-ring (bicyclic) bond motifs is 1. The number of hydrogen-bond acceptors (Lipinski definition) is 4. The van der Waals surface area contributed by atoms with E-state index in [2.05, 4.69) is 10.2 Å². The van der Waals surface area contributed by atoms with E-state index in [9.17, 15) is 9.59 Å². The fourth-order valence-corrected chi connectivity index (χ4v) is 2.42. The lowest BCUT2D eigenvalue weighted by atomic mass is 10.0. The smallest absolute Gasteiger partial charge is 0.303 e. The number of ketones is 1. The topological polar surface area (TPSA) is 85.1 Å². The van der Waals surface area contributed by atoms with Crippen molar-refractivity contribution in [1.82, 2.24) is 15.0 Å². The van der Waals surface area contributed by atoms with Gasteiger partial charge < -0.3 is 5.11 Å². The molecule has 6 heteroatoms. The van der Waals surface area contributed by atoms with Crippen molar-refractivity contribution in [2.24, 2.45) is 0 Å². The Bertz CT molecular complexity index is 809. The SMILES string of the molecule is O=C(O)CCC(C(=O)c1ccccc1)n1nc2ccccc2n1. The molecule has 1 aromatic heterocycles. The highest BCUT2D eigenvalue weighted by Gasteiger charge is 2.25. The summed E-state index contributed by atoms with van der Waals surface area (Å²) in [5.74, 6) is -1.14. The molecule has 3 aromatic rings. The molecule has 116 valence electrons. The van der Waals surface area contributed by atoms with E-state index in [0.29, 0.717) is 16.6 Å². The van der Waals surface area contributed by atoms with Crippen molar-refractivity contribution >= 4 is 22.8 Å². The summed E-state index contributed by atoms with van der Waals surface area (Å²) in [5.41, 5.74) is 1.87. The first-order valence-corrected chi connectivity index (χ1v) is 7.28. The number of aliphatic carboxylic acids is 1. The van der Waals surface area contributed by atoms with Gasteiger partial charge in [-0.15, -0.1) is 0 Å². The van der Waals surface area contributed by atoms with Crippen molar-refractivity contribution in [3.05, 3.63) is 60.2 Å². The fraction of sp³-hybridized carbons (Fsp3) is 0.176. The molecule has 0 radical (unpaired) electrons. The first-order valence-electron chi connectivity index (χ1n) is 7.28. The van der Waals surface area contributed by atoms with Crippen LogP contribution in [0.3, 0.4) is 0 Å². The number of carbonyl (C=O) groups excluding carboxylic acids is 1. The van der Waals surface area contributed by atoms with Crippen LogP contribution in [0.5, 0.6) is 0 Å². The van der Waals surface area contributed by atoms with Gasteiger partial charge in [-0.25, -0.2) is 0 Å². The second kappa shape index (κ2) is 6.39. The van der Waals surface area contributed by atoms with Gasteiger partial charge in [0.05, 0.1) is 0 Å². The monoisotopic (exact) mass is 309 g/mol. The molecule has 0 aliphatic heterocycles. The molecule has 0 saturated carbocycles. The Kier molecular flexibility index (Phi) is 4.14. The second-order valence-electron chi connectivity index (χ2n) is 5.19. The summed E-state index contributed by atoms with van der Waals surface area (Å²) in [6, 6.07) is 15.3. The molecule has 0 saturated heterocycles. The van der Waals surface area contributed by atoms with Crippen molar-refractivity contribution in [2.75, 3.05) is 0 Å². The number of nitrogens with zero attached hydrogens (tertiary/aromatic N) is 3. The summed E-state index contributed by atoms with van der Waals surface area (Å²) in [7, 11) is 0. The van der Waals surface area contributed by atoms with Crippen LogP contribution in [0.2, 0.25) is 0 Å². The normalized spacial score (nSPS) is 12.2. The zero-order valence-electron chi connectivity index (χ0n) is 12.3. The largest absolute Gasteiger partial charge is 0.481 e. The maximum atomic E-state index is 12.7. The van der Waals surface area contributed by atoms with Crippen LogP contribution in [0.1, 0.15) is 29.2 Å². The number of benzene rings is 2. The average Bonchev–Trinajstić information content (AvgIpc) is 2.99. The number of carboxylic acid groups (broad SMARTS) is 1. The van der Waals surface area contributed by atoms with E-state index in [-0.39, 0.29) is 18.6 Å². The number of rotatable bonds is 6. The van der Waals surface area contributed by atoms with Crippen LogP contribution in [-0.2, 0) is 4.79 Å². The van der Waals surface area contributed by atoms with Gasteiger partial charge in [-0.3, -0.25) is 9.59 Å². The molecule has 1 unspecified atom stereocenters. The molecule has 0 spiro atoms. The average molecular weight is 309 g/mol. The maximum Gasteiger partial charge on any atom is 0.303 e. The Hall–Kier alpha value is -3.02. The highest BCUT2D eigenvalue weighted by Crippen LogP contribution is 2.20. The van der Waals surface area contributed by atoms with Crippen molar-refractivity contribution in [1.29, 1.82) is 0 Å². The molecule has 0 aliphatic rings. The van der Waals surface area contributed by atoms with Crippen LogP contribution >= 0.6 is 0 Å². The molecule has 6 nitrogen and oxygen atoms in total. The van der Waals surface area contributed by atoms with Crippen molar-refractivity contribution in [3.63, 3.8) is 0 Å². The van der Waals surface area contributed by atoms with Crippen LogP contribution in [-0.4, -0.2) is 31.9 Å². The van der Waals surface area contributed by atoms with Crippen LogP contribution in [0.15, 0.2) is 54.6 Å². The molecular weight excluding hydrogens is 294 g/mol. The van der Waals surface area contributed by atoms with E-state index in [0.717, 1.165) is 0 Å². The number of Topliss-reactive ketones (excluding diaryl/α,β-unsaturated/α-hetero) is 1. The van der Waals surface area contributed by atoms with E-state index < -0.39 is 12.0 Å². The van der Waals surface area contributed by atoms with Gasteiger partial charge in [0.1, 0.15) is 17.1 Å². The molecule has 2 aromatic carbocycles. The van der Waals surface area contributed by atoms with E-state index in [1.54, 1.807) is 36.4 Å². The predicted octanol–water partition coefficient (Wildman–Crippen LogP) is 2.72. The third kappa shape index (κ3) is 3.26. The summed E-state index contributed by atoms with van der Waals surface area (Å²) in [6.45, 7) is 0. The highest BCUT2D eigenvalue weighted by molar-refractivity contribution is 5.99. The summed E-state index contributed by atoms with van der Waals surface area (Å²) in [5, 5.41) is 17.6. The van der Waals surface area contributed by atoms with Gasteiger partial charge in [-0.1, -0.05) is 42.5 Å². The quantitative estimate of drug-likeness (QED) is 0.708. The second-order valence-corrected chi connectivity index (χ2v) is 5.19. The lowest BCUT2D eigenvalue weighted by Crippen LogP contribution is -2.23. The van der Waals surface area contributed by atoms with Gasteiger partial charge >= 0.3 is 5.97 Å². The molecule has 0 amide bonds. The molecule has 23 heavy (non-hydrogen) atoms. The molecule has 0 bridgehead atoms. The van der Waals surface area contributed by atoms with Gasteiger partial charge in [0, 0.05) is 12.0 Å². The van der Waals surface area contributed by atoms with Crippen molar-refractivity contribution < 1.29 is 14.7 Å². The minimum Gasteiger partial charge on any atom is -0.481 e. The molecule has 0 aliphatic carbocycles. The van der Waals surface area contributed by atoms with E-state index in [1.807, 2.05) is 18.2 Å². The molecular formula is C17H15N3O3. The highest BCUT2D eigenvalue weighted by atomic mass is 16.4. The predicted molar refractivity (Wildman–Crippen MR) is 84.2 cm³/mol. The first kappa shape index (κ1) is 14.9. The van der Waals surface area contributed by atoms with Gasteiger partial charge in [0.15, 0.2) is 5.78 Å². The number of carbonyl (C=O) groups is 2. The summed E-state index contributed by atoms with van der Waals surface area (Å²) >= 11 is 0. The number of hydrogen-bond donors (Lipinski definition) is 1. The van der Waals surface area contributed by atoms with E-state index >= 15 is 0 Å². The minimum absolute atomic E-state index is 0.124. The molecule has 1 heterocycles. The molecule has 1 N–H and O–H groups in total. The fourth-order valence-electron chi connectivity index (χ4n) is 2.42. The molecule has 3 rings (SSSR count). The molecule has 1 atom stereocenters.